The molecule has 2 aromatic rings. The van der Waals surface area contributed by atoms with Crippen molar-refractivity contribution in [1.29, 1.82) is 0 Å². The van der Waals surface area contributed by atoms with Gasteiger partial charge in [-0.1, -0.05) is 0 Å². The quantitative estimate of drug-likeness (QED) is 0.918. The van der Waals surface area contributed by atoms with Crippen LogP contribution in [-0.4, -0.2) is 28.7 Å². The summed E-state index contributed by atoms with van der Waals surface area (Å²) in [5.74, 6) is -0.455. The van der Waals surface area contributed by atoms with Gasteiger partial charge in [0.2, 0.25) is 5.88 Å². The SMILES string of the molecule is Cc1cc(CNC(=O)c2ccncc2)nc(OCC(F)(F)F)c1. The summed E-state index contributed by atoms with van der Waals surface area (Å²) in [6, 6.07) is 6.17. The normalized spacial score (nSPS) is 11.1. The highest BCUT2D eigenvalue weighted by Gasteiger charge is 2.28. The first kappa shape index (κ1) is 16.7. The number of hydrogen-bond acceptors (Lipinski definition) is 4. The third-order valence-corrected chi connectivity index (χ3v) is 2.76. The summed E-state index contributed by atoms with van der Waals surface area (Å²) >= 11 is 0. The molecule has 0 aliphatic rings. The van der Waals surface area contributed by atoms with Gasteiger partial charge in [0.1, 0.15) is 0 Å². The molecule has 0 spiro atoms. The van der Waals surface area contributed by atoms with Gasteiger partial charge in [0.05, 0.1) is 12.2 Å². The third kappa shape index (κ3) is 5.57. The summed E-state index contributed by atoms with van der Waals surface area (Å²) in [5.41, 5.74) is 1.52. The van der Waals surface area contributed by atoms with Crippen LogP contribution in [-0.2, 0) is 6.54 Å². The first-order valence-electron chi connectivity index (χ1n) is 6.69. The summed E-state index contributed by atoms with van der Waals surface area (Å²) in [4.78, 5) is 19.7. The maximum atomic E-state index is 12.2. The number of hydrogen-bond donors (Lipinski definition) is 1. The minimum Gasteiger partial charge on any atom is -0.468 e. The van der Waals surface area contributed by atoms with E-state index in [0.717, 1.165) is 0 Å². The molecule has 0 atom stereocenters. The van der Waals surface area contributed by atoms with Crippen molar-refractivity contribution in [2.45, 2.75) is 19.6 Å². The monoisotopic (exact) mass is 325 g/mol. The average molecular weight is 325 g/mol. The predicted molar refractivity (Wildman–Crippen MR) is 75.9 cm³/mol. The van der Waals surface area contributed by atoms with Crippen molar-refractivity contribution in [3.63, 3.8) is 0 Å². The molecule has 2 rings (SSSR count). The second-order valence-electron chi connectivity index (χ2n) is 4.80. The Kier molecular flexibility index (Phi) is 5.15. The van der Waals surface area contributed by atoms with E-state index in [1.54, 1.807) is 25.1 Å². The Morgan fingerprint density at radius 2 is 1.96 bits per heavy atom. The fourth-order valence-electron chi connectivity index (χ4n) is 1.80. The number of alkyl halides is 3. The van der Waals surface area contributed by atoms with Crippen molar-refractivity contribution in [3.05, 3.63) is 53.5 Å². The second kappa shape index (κ2) is 7.08. The molecule has 0 saturated heterocycles. The van der Waals surface area contributed by atoms with Gasteiger partial charge in [-0.3, -0.25) is 9.78 Å². The van der Waals surface area contributed by atoms with Crippen molar-refractivity contribution < 1.29 is 22.7 Å². The van der Waals surface area contributed by atoms with E-state index in [9.17, 15) is 18.0 Å². The van der Waals surface area contributed by atoms with Gasteiger partial charge in [-0.25, -0.2) is 4.98 Å². The highest BCUT2D eigenvalue weighted by atomic mass is 19.4. The van der Waals surface area contributed by atoms with E-state index >= 15 is 0 Å². The molecule has 0 aliphatic carbocycles. The Labute approximate surface area is 130 Å². The van der Waals surface area contributed by atoms with E-state index in [1.165, 1.54) is 18.5 Å². The van der Waals surface area contributed by atoms with E-state index in [2.05, 4.69) is 20.0 Å². The Morgan fingerprint density at radius 1 is 1.26 bits per heavy atom. The number of aryl methyl sites for hydroxylation is 1. The Hall–Kier alpha value is -2.64. The van der Waals surface area contributed by atoms with Crippen LogP contribution in [0.1, 0.15) is 21.6 Å². The van der Waals surface area contributed by atoms with Crippen molar-refractivity contribution in [2.24, 2.45) is 0 Å². The van der Waals surface area contributed by atoms with Crippen LogP contribution in [0.25, 0.3) is 0 Å². The number of rotatable bonds is 5. The van der Waals surface area contributed by atoms with Gasteiger partial charge in [0.15, 0.2) is 6.61 Å². The van der Waals surface area contributed by atoms with E-state index in [4.69, 9.17) is 0 Å². The molecule has 5 nitrogen and oxygen atoms in total. The van der Waals surface area contributed by atoms with E-state index < -0.39 is 12.8 Å². The first-order valence-corrected chi connectivity index (χ1v) is 6.69. The average Bonchev–Trinajstić information content (AvgIpc) is 2.50. The van der Waals surface area contributed by atoms with Crippen LogP contribution in [0.4, 0.5) is 13.2 Å². The predicted octanol–water partition coefficient (Wildman–Crippen LogP) is 2.66. The topological polar surface area (TPSA) is 64.1 Å². The summed E-state index contributed by atoms with van der Waals surface area (Å²) in [6.45, 7) is 0.369. The lowest BCUT2D eigenvalue weighted by Crippen LogP contribution is -2.24. The lowest BCUT2D eigenvalue weighted by molar-refractivity contribution is -0.154. The fourth-order valence-corrected chi connectivity index (χ4v) is 1.80. The molecule has 0 bridgehead atoms. The largest absolute Gasteiger partial charge is 0.468 e. The molecule has 122 valence electrons. The van der Waals surface area contributed by atoms with Crippen LogP contribution in [0.3, 0.4) is 0 Å². The van der Waals surface area contributed by atoms with Gasteiger partial charge in [-0.05, 0) is 30.7 Å². The minimum absolute atomic E-state index is 0.0746. The second-order valence-corrected chi connectivity index (χ2v) is 4.80. The number of carbonyl (C=O) groups is 1. The minimum atomic E-state index is -4.43. The molecule has 1 amide bonds. The van der Waals surface area contributed by atoms with Gasteiger partial charge >= 0.3 is 6.18 Å². The smallest absolute Gasteiger partial charge is 0.422 e. The van der Waals surface area contributed by atoms with Crippen LogP contribution < -0.4 is 10.1 Å². The molecular weight excluding hydrogens is 311 g/mol. The Bertz CT molecular complexity index is 675. The van der Waals surface area contributed by atoms with Crippen molar-refractivity contribution in [1.82, 2.24) is 15.3 Å². The summed E-state index contributed by atoms with van der Waals surface area (Å²) in [5, 5.41) is 2.64. The van der Waals surface area contributed by atoms with Gasteiger partial charge < -0.3 is 10.1 Å². The molecule has 1 N–H and O–H groups in total. The molecular formula is C15H14F3N3O2. The van der Waals surface area contributed by atoms with E-state index in [-0.39, 0.29) is 18.3 Å². The molecule has 0 unspecified atom stereocenters. The maximum absolute atomic E-state index is 12.2. The standard InChI is InChI=1S/C15H14F3N3O2/c1-10-6-12(21-13(7-10)23-9-15(16,17)18)8-20-14(22)11-2-4-19-5-3-11/h2-7H,8-9H2,1H3,(H,20,22). The zero-order chi connectivity index (χ0) is 16.9. The van der Waals surface area contributed by atoms with Crippen molar-refractivity contribution >= 4 is 5.91 Å². The van der Waals surface area contributed by atoms with E-state index in [0.29, 0.717) is 16.8 Å². The van der Waals surface area contributed by atoms with Crippen molar-refractivity contribution in [2.75, 3.05) is 6.61 Å². The van der Waals surface area contributed by atoms with Crippen LogP contribution in [0.15, 0.2) is 36.7 Å². The van der Waals surface area contributed by atoms with Gasteiger partial charge in [0.25, 0.3) is 5.91 Å². The zero-order valence-electron chi connectivity index (χ0n) is 12.2. The molecule has 0 aliphatic heterocycles. The van der Waals surface area contributed by atoms with Crippen LogP contribution in [0, 0.1) is 6.92 Å². The number of carbonyl (C=O) groups excluding carboxylic acids is 1. The number of aromatic nitrogens is 2. The van der Waals surface area contributed by atoms with E-state index in [1.807, 2.05) is 0 Å². The Balaban J connectivity index is 2.00. The number of ether oxygens (including phenoxy) is 1. The number of halogens is 3. The lowest BCUT2D eigenvalue weighted by atomic mass is 10.2. The number of nitrogens with one attached hydrogen (secondary N) is 1. The highest BCUT2D eigenvalue weighted by molar-refractivity contribution is 5.93. The molecule has 0 radical (unpaired) electrons. The first-order chi connectivity index (χ1) is 10.8. The fraction of sp³-hybridized carbons (Fsp3) is 0.267. The molecule has 23 heavy (non-hydrogen) atoms. The lowest BCUT2D eigenvalue weighted by Gasteiger charge is -2.11. The van der Waals surface area contributed by atoms with Gasteiger partial charge in [-0.2, -0.15) is 13.2 Å². The number of pyridine rings is 2. The van der Waals surface area contributed by atoms with Crippen LogP contribution in [0.5, 0.6) is 5.88 Å². The number of nitrogens with zero attached hydrogens (tertiary/aromatic N) is 2. The molecule has 2 aromatic heterocycles. The molecule has 8 heteroatoms. The molecule has 0 fully saturated rings. The molecule has 2 heterocycles. The zero-order valence-corrected chi connectivity index (χ0v) is 12.2. The van der Waals surface area contributed by atoms with Crippen molar-refractivity contribution in [3.8, 4) is 5.88 Å². The third-order valence-electron chi connectivity index (χ3n) is 2.76. The number of amides is 1. The van der Waals surface area contributed by atoms with Gasteiger partial charge in [0, 0.05) is 24.0 Å². The Morgan fingerprint density at radius 3 is 2.61 bits per heavy atom. The summed E-state index contributed by atoms with van der Waals surface area (Å²) in [6.07, 6.45) is -1.45. The van der Waals surface area contributed by atoms with Gasteiger partial charge in [-0.15, -0.1) is 0 Å². The van der Waals surface area contributed by atoms with Crippen LogP contribution >= 0.6 is 0 Å². The summed E-state index contributed by atoms with van der Waals surface area (Å²) in [7, 11) is 0. The molecule has 0 saturated carbocycles. The summed E-state index contributed by atoms with van der Waals surface area (Å²) < 4.78 is 41.1. The molecule has 0 aromatic carbocycles. The van der Waals surface area contributed by atoms with Crippen LogP contribution in [0.2, 0.25) is 0 Å². The maximum Gasteiger partial charge on any atom is 0.422 e. The highest BCUT2D eigenvalue weighted by Crippen LogP contribution is 2.18.